The molecule has 0 saturated heterocycles. The summed E-state index contributed by atoms with van der Waals surface area (Å²) in [5, 5.41) is 0. The number of hydrogen-bond donors (Lipinski definition) is 1. The van der Waals surface area contributed by atoms with Crippen LogP contribution in [0.3, 0.4) is 0 Å². The Morgan fingerprint density at radius 2 is 1.20 bits per heavy atom. The number of para-hydroxylation sites is 1. The standard InChI is InChI=1S/C29H30N2O3S/c1-2-34-23-31(26-19-11-5-12-20-26)29(25-17-9-4-10-18-25)28(24-15-7-3-8-16-24)30-35(32,33)27-21-13-6-14-22-27/h3-22,28-30H,2,23H2,1H3. The van der Waals surface area contributed by atoms with Gasteiger partial charge in [0, 0.05) is 12.3 Å². The summed E-state index contributed by atoms with van der Waals surface area (Å²) in [6.07, 6.45) is 0. The Labute approximate surface area is 208 Å². The molecule has 0 aliphatic carbocycles. The van der Waals surface area contributed by atoms with Crippen LogP contribution in [-0.4, -0.2) is 21.8 Å². The molecular formula is C29H30N2O3S. The molecule has 0 fully saturated rings. The molecule has 2 unspecified atom stereocenters. The smallest absolute Gasteiger partial charge is 0.241 e. The van der Waals surface area contributed by atoms with E-state index >= 15 is 0 Å². The predicted octanol–water partition coefficient (Wildman–Crippen LogP) is 5.95. The Bertz CT molecular complexity index is 1270. The lowest BCUT2D eigenvalue weighted by molar-refractivity contribution is 0.138. The van der Waals surface area contributed by atoms with Crippen LogP contribution in [0.1, 0.15) is 30.1 Å². The van der Waals surface area contributed by atoms with E-state index in [1.165, 1.54) is 0 Å². The maximum Gasteiger partial charge on any atom is 0.241 e. The van der Waals surface area contributed by atoms with Gasteiger partial charge in [-0.1, -0.05) is 97.1 Å². The highest BCUT2D eigenvalue weighted by Crippen LogP contribution is 2.38. The van der Waals surface area contributed by atoms with Gasteiger partial charge in [-0.25, -0.2) is 13.1 Å². The van der Waals surface area contributed by atoms with Crippen molar-refractivity contribution in [2.75, 3.05) is 18.2 Å². The van der Waals surface area contributed by atoms with Gasteiger partial charge >= 0.3 is 0 Å². The number of ether oxygens (including phenoxy) is 1. The highest BCUT2D eigenvalue weighted by Gasteiger charge is 2.34. The van der Waals surface area contributed by atoms with E-state index in [1.54, 1.807) is 30.3 Å². The maximum absolute atomic E-state index is 13.6. The molecule has 35 heavy (non-hydrogen) atoms. The predicted molar refractivity (Wildman–Crippen MR) is 141 cm³/mol. The topological polar surface area (TPSA) is 58.6 Å². The summed E-state index contributed by atoms with van der Waals surface area (Å²) in [6, 6.07) is 37.1. The van der Waals surface area contributed by atoms with Gasteiger partial charge in [0.2, 0.25) is 10.0 Å². The minimum Gasteiger partial charge on any atom is -0.361 e. The molecule has 0 aliphatic heterocycles. The summed E-state index contributed by atoms with van der Waals surface area (Å²) in [5.41, 5.74) is 2.77. The highest BCUT2D eigenvalue weighted by molar-refractivity contribution is 7.89. The normalized spacial score (nSPS) is 13.2. The zero-order valence-electron chi connectivity index (χ0n) is 19.7. The zero-order valence-corrected chi connectivity index (χ0v) is 20.5. The van der Waals surface area contributed by atoms with Crippen LogP contribution in [0.4, 0.5) is 5.69 Å². The fourth-order valence-corrected chi connectivity index (χ4v) is 5.39. The van der Waals surface area contributed by atoms with Gasteiger partial charge in [-0.3, -0.25) is 0 Å². The van der Waals surface area contributed by atoms with Crippen LogP contribution in [0.15, 0.2) is 126 Å². The number of benzene rings is 4. The van der Waals surface area contributed by atoms with Crippen LogP contribution in [0.5, 0.6) is 0 Å². The summed E-state index contributed by atoms with van der Waals surface area (Å²) in [4.78, 5) is 2.34. The molecule has 0 aliphatic rings. The van der Waals surface area contributed by atoms with Crippen molar-refractivity contribution in [3.63, 3.8) is 0 Å². The second-order valence-electron chi connectivity index (χ2n) is 8.11. The van der Waals surface area contributed by atoms with E-state index < -0.39 is 16.1 Å². The van der Waals surface area contributed by atoms with E-state index in [4.69, 9.17) is 4.74 Å². The first-order chi connectivity index (χ1) is 17.1. The quantitative estimate of drug-likeness (QED) is 0.266. The first-order valence-electron chi connectivity index (χ1n) is 11.7. The third kappa shape index (κ3) is 6.17. The van der Waals surface area contributed by atoms with Gasteiger partial charge in [0.1, 0.15) is 6.73 Å². The molecule has 4 aromatic carbocycles. The van der Waals surface area contributed by atoms with Crippen LogP contribution >= 0.6 is 0 Å². The number of nitrogens with zero attached hydrogens (tertiary/aromatic N) is 1. The third-order valence-corrected chi connectivity index (χ3v) is 7.27. The van der Waals surface area contributed by atoms with E-state index in [9.17, 15) is 8.42 Å². The van der Waals surface area contributed by atoms with Gasteiger partial charge in [-0.15, -0.1) is 0 Å². The molecule has 5 nitrogen and oxygen atoms in total. The average Bonchev–Trinajstić information content (AvgIpc) is 2.92. The zero-order chi connectivity index (χ0) is 24.5. The fourth-order valence-electron chi connectivity index (χ4n) is 4.14. The van der Waals surface area contributed by atoms with Gasteiger partial charge < -0.3 is 9.64 Å². The molecule has 4 rings (SSSR count). The molecule has 0 amide bonds. The Balaban J connectivity index is 1.88. The molecule has 2 atom stereocenters. The number of rotatable bonds is 11. The summed E-state index contributed by atoms with van der Waals surface area (Å²) < 4.78 is 36.1. The number of anilines is 1. The van der Waals surface area contributed by atoms with Crippen LogP contribution in [0.25, 0.3) is 0 Å². The molecule has 6 heteroatoms. The largest absolute Gasteiger partial charge is 0.361 e. The van der Waals surface area contributed by atoms with Crippen molar-refractivity contribution in [3.8, 4) is 0 Å². The van der Waals surface area contributed by atoms with Crippen molar-refractivity contribution in [2.24, 2.45) is 0 Å². The minimum absolute atomic E-state index is 0.226. The van der Waals surface area contributed by atoms with Gasteiger partial charge in [-0.2, -0.15) is 0 Å². The van der Waals surface area contributed by atoms with E-state index in [0.717, 1.165) is 16.8 Å². The third-order valence-electron chi connectivity index (χ3n) is 5.81. The molecule has 0 spiro atoms. The number of nitrogens with one attached hydrogen (secondary N) is 1. The van der Waals surface area contributed by atoms with Crippen molar-refractivity contribution in [1.29, 1.82) is 0 Å². The van der Waals surface area contributed by atoms with Crippen LogP contribution in [0, 0.1) is 0 Å². The Hall–Kier alpha value is -3.45. The molecule has 0 heterocycles. The van der Waals surface area contributed by atoms with Crippen LogP contribution in [-0.2, 0) is 14.8 Å². The van der Waals surface area contributed by atoms with Crippen LogP contribution < -0.4 is 9.62 Å². The molecule has 1 N–H and O–H groups in total. The molecule has 0 radical (unpaired) electrons. The van der Waals surface area contributed by atoms with Gasteiger partial charge in [0.15, 0.2) is 0 Å². The van der Waals surface area contributed by atoms with Crippen LogP contribution in [0.2, 0.25) is 0 Å². The lowest BCUT2D eigenvalue weighted by atomic mass is 9.92. The maximum atomic E-state index is 13.6. The van der Waals surface area contributed by atoms with Gasteiger partial charge in [0.05, 0.1) is 17.0 Å². The summed E-state index contributed by atoms with van der Waals surface area (Å²) >= 11 is 0. The SMILES string of the molecule is CCOCN(c1ccccc1)C(c1ccccc1)C(NS(=O)(=O)c1ccccc1)c1ccccc1. The van der Waals surface area contributed by atoms with Crippen molar-refractivity contribution in [3.05, 3.63) is 132 Å². The molecule has 0 saturated carbocycles. The lowest BCUT2D eigenvalue weighted by Gasteiger charge is -2.39. The Morgan fingerprint density at radius 3 is 1.74 bits per heavy atom. The Kier molecular flexibility index (Phi) is 8.32. The Morgan fingerprint density at radius 1 is 0.714 bits per heavy atom. The lowest BCUT2D eigenvalue weighted by Crippen LogP contribution is -2.42. The van der Waals surface area contributed by atoms with Crippen molar-refractivity contribution in [1.82, 2.24) is 4.72 Å². The average molecular weight is 487 g/mol. The molecule has 0 bridgehead atoms. The van der Waals surface area contributed by atoms with E-state index in [-0.39, 0.29) is 10.9 Å². The molecule has 4 aromatic rings. The first-order valence-corrected chi connectivity index (χ1v) is 13.1. The van der Waals surface area contributed by atoms with Crippen molar-refractivity contribution in [2.45, 2.75) is 23.9 Å². The van der Waals surface area contributed by atoms with Gasteiger partial charge in [-0.05, 0) is 42.3 Å². The second kappa shape index (κ2) is 11.8. The minimum atomic E-state index is -3.81. The first kappa shape index (κ1) is 24.7. The van der Waals surface area contributed by atoms with E-state index in [2.05, 4.69) is 9.62 Å². The van der Waals surface area contributed by atoms with Crippen molar-refractivity contribution >= 4 is 15.7 Å². The number of sulfonamides is 1. The molecule has 180 valence electrons. The van der Waals surface area contributed by atoms with E-state index in [1.807, 2.05) is 97.9 Å². The van der Waals surface area contributed by atoms with Gasteiger partial charge in [0.25, 0.3) is 0 Å². The number of hydrogen-bond acceptors (Lipinski definition) is 4. The van der Waals surface area contributed by atoms with E-state index in [0.29, 0.717) is 13.3 Å². The summed E-state index contributed by atoms with van der Waals surface area (Å²) in [5.74, 6) is 0. The van der Waals surface area contributed by atoms with Crippen molar-refractivity contribution < 1.29 is 13.2 Å². The fraction of sp³-hybridized carbons (Fsp3) is 0.172. The second-order valence-corrected chi connectivity index (χ2v) is 9.82. The summed E-state index contributed by atoms with van der Waals surface area (Å²) in [7, 11) is -3.81. The molecular weight excluding hydrogens is 456 g/mol. The highest BCUT2D eigenvalue weighted by atomic mass is 32.2. The molecule has 0 aromatic heterocycles. The summed E-state index contributed by atoms with van der Waals surface area (Å²) in [6.45, 7) is 2.79. The monoisotopic (exact) mass is 486 g/mol.